The molecule has 80 valence electrons. The Morgan fingerprint density at radius 2 is 2.07 bits per heavy atom. The van der Waals surface area contributed by atoms with Crippen molar-refractivity contribution < 1.29 is 9.59 Å². The van der Waals surface area contributed by atoms with Gasteiger partial charge >= 0.3 is 6.03 Å². The quantitative estimate of drug-likeness (QED) is 0.498. The number of nitrogens with one attached hydrogen (secondary N) is 2. The van der Waals surface area contributed by atoms with E-state index in [4.69, 9.17) is 0 Å². The van der Waals surface area contributed by atoms with E-state index in [-0.39, 0.29) is 18.1 Å². The van der Waals surface area contributed by atoms with Crippen molar-refractivity contribution in [2.45, 2.75) is 51.1 Å². The van der Waals surface area contributed by atoms with E-state index in [0.29, 0.717) is 6.42 Å². The van der Waals surface area contributed by atoms with Gasteiger partial charge in [-0.3, -0.25) is 0 Å². The number of urea groups is 1. The van der Waals surface area contributed by atoms with Crippen molar-refractivity contribution >= 4 is 12.3 Å². The molecule has 0 radical (unpaired) electrons. The molecule has 2 N–H and O–H groups in total. The zero-order valence-corrected chi connectivity index (χ0v) is 8.58. The van der Waals surface area contributed by atoms with Gasteiger partial charge in [-0.1, -0.05) is 12.8 Å². The number of carbonyl (C=O) groups excluding carboxylic acids is 2. The van der Waals surface area contributed by atoms with Crippen LogP contribution in [0.15, 0.2) is 0 Å². The zero-order chi connectivity index (χ0) is 10.4. The molecule has 2 amide bonds. The molecule has 4 heteroatoms. The third-order valence-electron chi connectivity index (χ3n) is 2.62. The van der Waals surface area contributed by atoms with Crippen LogP contribution in [0.4, 0.5) is 4.79 Å². The van der Waals surface area contributed by atoms with Crippen LogP contribution in [-0.2, 0) is 4.79 Å². The lowest BCUT2D eigenvalue weighted by molar-refractivity contribution is -0.107. The normalized spacial score (nSPS) is 25.6. The zero-order valence-electron chi connectivity index (χ0n) is 8.58. The van der Waals surface area contributed by atoms with Gasteiger partial charge in [-0.2, -0.15) is 0 Å². The SMILES string of the molecule is C[C@@H]1NC(=O)N[C@@H]1CCCCCC=O. The fraction of sp³-hybridized carbons (Fsp3) is 0.800. The van der Waals surface area contributed by atoms with Crippen LogP contribution in [-0.4, -0.2) is 24.4 Å². The van der Waals surface area contributed by atoms with E-state index in [1.165, 1.54) is 0 Å². The summed E-state index contributed by atoms with van der Waals surface area (Å²) >= 11 is 0. The van der Waals surface area contributed by atoms with Crippen LogP contribution >= 0.6 is 0 Å². The molecule has 4 nitrogen and oxygen atoms in total. The topological polar surface area (TPSA) is 58.2 Å². The highest BCUT2D eigenvalue weighted by atomic mass is 16.2. The van der Waals surface area contributed by atoms with Gasteiger partial charge in [0, 0.05) is 12.5 Å². The maximum atomic E-state index is 10.9. The molecule has 1 rings (SSSR count). The molecule has 0 aromatic rings. The molecule has 0 spiro atoms. The minimum absolute atomic E-state index is 0.0598. The summed E-state index contributed by atoms with van der Waals surface area (Å²) in [6.45, 7) is 2.01. The Hall–Kier alpha value is -1.06. The summed E-state index contributed by atoms with van der Waals surface area (Å²) in [4.78, 5) is 21.0. The van der Waals surface area contributed by atoms with E-state index in [9.17, 15) is 9.59 Å². The minimum atomic E-state index is -0.0598. The molecule has 0 saturated carbocycles. The van der Waals surface area contributed by atoms with E-state index in [2.05, 4.69) is 10.6 Å². The Kier molecular flexibility index (Phi) is 4.43. The number of hydrogen-bond donors (Lipinski definition) is 2. The molecule has 2 atom stereocenters. The number of rotatable bonds is 6. The number of unbranched alkanes of at least 4 members (excludes halogenated alkanes) is 3. The van der Waals surface area contributed by atoms with Crippen molar-refractivity contribution in [3.05, 3.63) is 0 Å². The Labute approximate surface area is 84.4 Å². The van der Waals surface area contributed by atoms with Gasteiger partial charge in [0.1, 0.15) is 6.29 Å². The van der Waals surface area contributed by atoms with Gasteiger partial charge in [0.05, 0.1) is 6.04 Å². The maximum absolute atomic E-state index is 10.9. The molecular formula is C10H18N2O2. The van der Waals surface area contributed by atoms with Crippen molar-refractivity contribution in [1.29, 1.82) is 0 Å². The van der Waals surface area contributed by atoms with Crippen molar-refractivity contribution in [3.63, 3.8) is 0 Å². The highest BCUT2D eigenvalue weighted by Gasteiger charge is 2.26. The van der Waals surface area contributed by atoms with E-state index >= 15 is 0 Å². The van der Waals surface area contributed by atoms with Crippen molar-refractivity contribution in [2.75, 3.05) is 0 Å². The molecule has 0 bridgehead atoms. The van der Waals surface area contributed by atoms with Crippen molar-refractivity contribution in [2.24, 2.45) is 0 Å². The minimum Gasteiger partial charge on any atom is -0.334 e. The van der Waals surface area contributed by atoms with Gasteiger partial charge < -0.3 is 15.4 Å². The van der Waals surface area contributed by atoms with Crippen LogP contribution in [0.1, 0.15) is 39.0 Å². The van der Waals surface area contributed by atoms with Gasteiger partial charge in [0.2, 0.25) is 0 Å². The largest absolute Gasteiger partial charge is 0.334 e. The summed E-state index contributed by atoms with van der Waals surface area (Å²) in [6.07, 6.45) is 5.72. The molecule has 0 aromatic heterocycles. The second-order valence-corrected chi connectivity index (χ2v) is 3.82. The molecule has 1 fully saturated rings. The fourth-order valence-corrected chi connectivity index (χ4v) is 1.73. The van der Waals surface area contributed by atoms with Crippen LogP contribution in [0.25, 0.3) is 0 Å². The van der Waals surface area contributed by atoms with Gasteiger partial charge in [-0.15, -0.1) is 0 Å². The molecular weight excluding hydrogens is 180 g/mol. The highest BCUT2D eigenvalue weighted by Crippen LogP contribution is 2.10. The monoisotopic (exact) mass is 198 g/mol. The van der Waals surface area contributed by atoms with Gasteiger partial charge in [-0.05, 0) is 19.8 Å². The summed E-state index contributed by atoms with van der Waals surface area (Å²) in [5.74, 6) is 0. The Morgan fingerprint density at radius 1 is 1.29 bits per heavy atom. The molecule has 1 saturated heterocycles. The molecule has 0 unspecified atom stereocenters. The molecule has 0 aromatic carbocycles. The van der Waals surface area contributed by atoms with E-state index in [1.807, 2.05) is 6.92 Å². The van der Waals surface area contributed by atoms with Gasteiger partial charge in [-0.25, -0.2) is 4.79 Å². The van der Waals surface area contributed by atoms with Gasteiger partial charge in [0.15, 0.2) is 0 Å². The second-order valence-electron chi connectivity index (χ2n) is 3.82. The first-order valence-corrected chi connectivity index (χ1v) is 5.24. The first-order valence-electron chi connectivity index (χ1n) is 5.24. The fourth-order valence-electron chi connectivity index (χ4n) is 1.73. The maximum Gasteiger partial charge on any atom is 0.315 e. The molecule has 1 heterocycles. The lowest BCUT2D eigenvalue weighted by Gasteiger charge is -2.13. The average molecular weight is 198 g/mol. The first kappa shape index (κ1) is 11.0. The summed E-state index contributed by atoms with van der Waals surface area (Å²) in [7, 11) is 0. The number of aldehydes is 1. The third-order valence-corrected chi connectivity index (χ3v) is 2.62. The van der Waals surface area contributed by atoms with Crippen LogP contribution in [0.2, 0.25) is 0 Å². The van der Waals surface area contributed by atoms with Crippen LogP contribution in [0.5, 0.6) is 0 Å². The van der Waals surface area contributed by atoms with E-state index < -0.39 is 0 Å². The highest BCUT2D eigenvalue weighted by molar-refractivity contribution is 5.77. The smallest absolute Gasteiger partial charge is 0.315 e. The average Bonchev–Trinajstić information content (AvgIpc) is 2.45. The number of carbonyl (C=O) groups is 2. The van der Waals surface area contributed by atoms with Crippen molar-refractivity contribution in [1.82, 2.24) is 10.6 Å². The third kappa shape index (κ3) is 3.36. The lowest BCUT2D eigenvalue weighted by atomic mass is 10.0. The summed E-state index contributed by atoms with van der Waals surface area (Å²) < 4.78 is 0. The molecule has 1 aliphatic heterocycles. The number of amides is 2. The molecule has 0 aliphatic carbocycles. The van der Waals surface area contributed by atoms with E-state index in [1.54, 1.807) is 0 Å². The van der Waals surface area contributed by atoms with Crippen LogP contribution in [0.3, 0.4) is 0 Å². The predicted molar refractivity (Wildman–Crippen MR) is 54.1 cm³/mol. The number of hydrogen-bond acceptors (Lipinski definition) is 2. The van der Waals surface area contributed by atoms with Gasteiger partial charge in [0.25, 0.3) is 0 Å². The van der Waals surface area contributed by atoms with E-state index in [0.717, 1.165) is 32.0 Å². The Bertz CT molecular complexity index is 206. The van der Waals surface area contributed by atoms with Crippen LogP contribution < -0.4 is 10.6 Å². The molecule has 14 heavy (non-hydrogen) atoms. The van der Waals surface area contributed by atoms with Crippen molar-refractivity contribution in [3.8, 4) is 0 Å². The van der Waals surface area contributed by atoms with Crippen LogP contribution in [0, 0.1) is 0 Å². The second kappa shape index (κ2) is 5.62. The lowest BCUT2D eigenvalue weighted by Crippen LogP contribution is -2.30. The summed E-state index contributed by atoms with van der Waals surface area (Å²) in [5.41, 5.74) is 0. The summed E-state index contributed by atoms with van der Waals surface area (Å²) in [5, 5.41) is 5.69. The predicted octanol–water partition coefficient (Wildman–Crippen LogP) is 1.21. The Morgan fingerprint density at radius 3 is 2.64 bits per heavy atom. The Balaban J connectivity index is 2.06. The first-order chi connectivity index (χ1) is 6.74. The molecule has 1 aliphatic rings. The standard InChI is InChI=1S/C10H18N2O2/c1-8-9(12-10(14)11-8)6-4-2-3-5-7-13/h7-9H,2-6H2,1H3,(H2,11,12,14)/t8-,9+/m0/s1. The summed E-state index contributed by atoms with van der Waals surface area (Å²) in [6, 6.07) is 0.433.